The van der Waals surface area contributed by atoms with Crippen LogP contribution in [0.1, 0.15) is 22.8 Å². The maximum Gasteiger partial charge on any atom is 0.248 e. The molecule has 3 aromatic carbocycles. The molecule has 4 rings (SSSR count). The normalized spacial score (nSPS) is 11.7. The van der Waals surface area contributed by atoms with Gasteiger partial charge in [-0.1, -0.05) is 42.5 Å². The summed E-state index contributed by atoms with van der Waals surface area (Å²) in [6.45, 7) is 1.40. The highest BCUT2D eigenvalue weighted by Gasteiger charge is 2.21. The zero-order valence-corrected chi connectivity index (χ0v) is 18.1. The smallest absolute Gasteiger partial charge is 0.248 e. The van der Waals surface area contributed by atoms with E-state index >= 15 is 0 Å². The second-order valence-corrected chi connectivity index (χ2v) is 7.82. The molecular formula is C26H24N4O3. The van der Waals surface area contributed by atoms with Crippen LogP contribution in [0.3, 0.4) is 0 Å². The molecule has 1 atom stereocenters. The largest absolute Gasteiger partial charge is 0.366 e. The number of carbonyl (C=O) groups is 3. The Balaban J connectivity index is 1.48. The lowest BCUT2D eigenvalue weighted by Crippen LogP contribution is -2.44. The number of benzene rings is 3. The lowest BCUT2D eigenvalue weighted by atomic mass is 10.0. The minimum absolute atomic E-state index is 0.273. The number of carbonyl (C=O) groups excluding carboxylic acids is 3. The fourth-order valence-electron chi connectivity index (χ4n) is 3.78. The van der Waals surface area contributed by atoms with Gasteiger partial charge in [0.15, 0.2) is 0 Å². The van der Waals surface area contributed by atoms with Crippen molar-refractivity contribution >= 4 is 34.3 Å². The number of para-hydroxylation sites is 1. The zero-order chi connectivity index (χ0) is 23.4. The van der Waals surface area contributed by atoms with Crippen LogP contribution in [-0.2, 0) is 16.0 Å². The highest BCUT2D eigenvalue weighted by Crippen LogP contribution is 2.23. The Morgan fingerprint density at radius 2 is 1.55 bits per heavy atom. The first-order chi connectivity index (χ1) is 15.9. The molecule has 0 aliphatic heterocycles. The van der Waals surface area contributed by atoms with Gasteiger partial charge in [-0.15, -0.1) is 0 Å². The molecule has 0 fully saturated rings. The van der Waals surface area contributed by atoms with Crippen LogP contribution in [0.4, 0.5) is 5.69 Å². The Bertz CT molecular complexity index is 1310. The minimum atomic E-state index is -0.720. The number of aromatic nitrogens is 1. The van der Waals surface area contributed by atoms with Crippen LogP contribution >= 0.6 is 0 Å². The molecule has 166 valence electrons. The van der Waals surface area contributed by atoms with E-state index in [1.165, 1.54) is 6.92 Å². The summed E-state index contributed by atoms with van der Waals surface area (Å²) >= 11 is 0. The van der Waals surface area contributed by atoms with E-state index in [4.69, 9.17) is 5.73 Å². The van der Waals surface area contributed by atoms with E-state index in [2.05, 4.69) is 15.6 Å². The summed E-state index contributed by atoms with van der Waals surface area (Å²) in [5, 5.41) is 6.66. The molecule has 5 N–H and O–H groups in total. The number of nitrogens with one attached hydrogen (secondary N) is 3. The lowest BCUT2D eigenvalue weighted by molar-refractivity contribution is -0.125. The highest BCUT2D eigenvalue weighted by atomic mass is 16.2. The van der Waals surface area contributed by atoms with Crippen molar-refractivity contribution in [2.45, 2.75) is 19.4 Å². The van der Waals surface area contributed by atoms with Crippen LogP contribution < -0.4 is 16.4 Å². The van der Waals surface area contributed by atoms with Crippen molar-refractivity contribution < 1.29 is 14.4 Å². The Morgan fingerprint density at radius 3 is 2.18 bits per heavy atom. The summed E-state index contributed by atoms with van der Waals surface area (Å²) in [6.07, 6.45) is 2.23. The second-order valence-electron chi connectivity index (χ2n) is 7.82. The predicted molar refractivity (Wildman–Crippen MR) is 129 cm³/mol. The molecule has 0 aliphatic rings. The number of primary amides is 1. The van der Waals surface area contributed by atoms with Gasteiger partial charge in [0.05, 0.1) is 0 Å². The summed E-state index contributed by atoms with van der Waals surface area (Å²) in [4.78, 5) is 39.2. The van der Waals surface area contributed by atoms with E-state index in [0.29, 0.717) is 17.7 Å². The van der Waals surface area contributed by atoms with Gasteiger partial charge >= 0.3 is 0 Å². The summed E-state index contributed by atoms with van der Waals surface area (Å²) in [6, 6.07) is 21.5. The molecule has 7 heteroatoms. The van der Waals surface area contributed by atoms with Gasteiger partial charge in [-0.25, -0.2) is 0 Å². The van der Waals surface area contributed by atoms with E-state index in [9.17, 15) is 14.4 Å². The van der Waals surface area contributed by atoms with Crippen LogP contribution in [0, 0.1) is 0 Å². The quantitative estimate of drug-likeness (QED) is 0.352. The number of nitrogens with two attached hydrogens (primary N) is 1. The number of anilines is 1. The van der Waals surface area contributed by atoms with E-state index in [1.54, 1.807) is 24.3 Å². The van der Waals surface area contributed by atoms with E-state index < -0.39 is 11.9 Å². The number of rotatable bonds is 7. The third kappa shape index (κ3) is 5.10. The minimum Gasteiger partial charge on any atom is -0.366 e. The monoisotopic (exact) mass is 440 g/mol. The SMILES string of the molecule is CC(=O)NC(Cc1c[nH]c2ccccc12)C(=O)Nc1ccc(-c2ccc(C(N)=O)cc2)cc1. The topological polar surface area (TPSA) is 117 Å². The van der Waals surface area contributed by atoms with Crippen molar-refractivity contribution in [3.8, 4) is 11.1 Å². The maximum absolute atomic E-state index is 13.0. The van der Waals surface area contributed by atoms with Crippen LogP contribution in [-0.4, -0.2) is 28.7 Å². The fourth-order valence-corrected chi connectivity index (χ4v) is 3.78. The highest BCUT2D eigenvalue weighted by molar-refractivity contribution is 5.98. The van der Waals surface area contributed by atoms with Gasteiger partial charge in [0.25, 0.3) is 0 Å². The van der Waals surface area contributed by atoms with Crippen molar-refractivity contribution in [3.63, 3.8) is 0 Å². The Morgan fingerprint density at radius 1 is 0.909 bits per heavy atom. The third-order valence-electron chi connectivity index (χ3n) is 5.45. The van der Waals surface area contributed by atoms with Crippen molar-refractivity contribution in [1.82, 2.24) is 10.3 Å². The lowest BCUT2D eigenvalue weighted by Gasteiger charge is -2.17. The van der Waals surface area contributed by atoms with E-state index in [1.807, 2.05) is 54.7 Å². The van der Waals surface area contributed by atoms with Gasteiger partial charge in [0.1, 0.15) is 6.04 Å². The summed E-state index contributed by atoms with van der Waals surface area (Å²) in [7, 11) is 0. The predicted octanol–water partition coefficient (Wildman–Crippen LogP) is 3.62. The van der Waals surface area contributed by atoms with Crippen LogP contribution in [0.2, 0.25) is 0 Å². The van der Waals surface area contributed by atoms with Crippen molar-refractivity contribution in [2.75, 3.05) is 5.32 Å². The number of H-pyrrole nitrogens is 1. The number of aromatic amines is 1. The number of fused-ring (bicyclic) bond motifs is 1. The maximum atomic E-state index is 13.0. The Labute approximate surface area is 191 Å². The van der Waals surface area contributed by atoms with Gasteiger partial charge in [0.2, 0.25) is 17.7 Å². The fraction of sp³-hybridized carbons (Fsp3) is 0.115. The molecule has 3 amide bonds. The van der Waals surface area contributed by atoms with Crippen molar-refractivity contribution in [1.29, 1.82) is 0 Å². The van der Waals surface area contributed by atoms with Crippen LogP contribution in [0.15, 0.2) is 79.0 Å². The molecule has 0 radical (unpaired) electrons. The first-order valence-electron chi connectivity index (χ1n) is 10.5. The molecule has 0 aliphatic carbocycles. The molecule has 0 spiro atoms. The van der Waals surface area contributed by atoms with Crippen molar-refractivity contribution in [3.05, 3.63) is 90.1 Å². The van der Waals surface area contributed by atoms with Crippen LogP contribution in [0.25, 0.3) is 22.0 Å². The molecule has 0 bridgehead atoms. The molecule has 1 aromatic heterocycles. The molecule has 7 nitrogen and oxygen atoms in total. The van der Waals surface area contributed by atoms with E-state index in [-0.39, 0.29) is 11.8 Å². The van der Waals surface area contributed by atoms with E-state index in [0.717, 1.165) is 27.6 Å². The molecule has 33 heavy (non-hydrogen) atoms. The van der Waals surface area contributed by atoms with Crippen molar-refractivity contribution in [2.24, 2.45) is 5.73 Å². The summed E-state index contributed by atoms with van der Waals surface area (Å²) in [5.41, 5.74) is 10.1. The van der Waals surface area contributed by atoms with Crippen LogP contribution in [0.5, 0.6) is 0 Å². The summed E-state index contributed by atoms with van der Waals surface area (Å²) < 4.78 is 0. The molecule has 0 saturated carbocycles. The number of amides is 3. The standard InChI is InChI=1S/C26H24N4O3/c1-16(31)29-24(14-20-15-28-23-5-3-2-4-22(20)23)26(33)30-21-12-10-18(11-13-21)17-6-8-19(9-7-17)25(27)32/h2-13,15,24,28H,14H2,1H3,(H2,27,32)(H,29,31)(H,30,33). The average molecular weight is 441 g/mol. The van der Waals surface area contributed by atoms with Gasteiger partial charge < -0.3 is 21.4 Å². The zero-order valence-electron chi connectivity index (χ0n) is 18.1. The Kier molecular flexibility index (Phi) is 6.22. The Hall–Kier alpha value is -4.39. The first kappa shape index (κ1) is 21.8. The van der Waals surface area contributed by atoms with Gasteiger partial charge in [-0.05, 0) is 47.0 Å². The van der Waals surface area contributed by atoms with Gasteiger partial charge in [0, 0.05) is 41.7 Å². The second kappa shape index (κ2) is 9.40. The number of hydrogen-bond donors (Lipinski definition) is 4. The molecule has 4 aromatic rings. The average Bonchev–Trinajstić information content (AvgIpc) is 3.22. The molecule has 1 heterocycles. The molecule has 1 unspecified atom stereocenters. The van der Waals surface area contributed by atoms with Gasteiger partial charge in [-0.3, -0.25) is 14.4 Å². The van der Waals surface area contributed by atoms with Gasteiger partial charge in [-0.2, -0.15) is 0 Å². The molecular weight excluding hydrogens is 416 g/mol. The molecule has 0 saturated heterocycles. The first-order valence-corrected chi connectivity index (χ1v) is 10.5. The number of hydrogen-bond acceptors (Lipinski definition) is 3. The summed E-state index contributed by atoms with van der Waals surface area (Å²) in [5.74, 6) is -1.04. The third-order valence-corrected chi connectivity index (χ3v) is 5.45.